The van der Waals surface area contributed by atoms with Gasteiger partial charge in [-0.15, -0.1) is 12.4 Å². The standard InChI is InChI=1S/C17H25N3O3.ClH/c1-11(2)19-17(22)13-4-5-15(12(3)8-13)20-16(21)9-14-10-23-7-6-18-14;/h4-5,8,11,14,18H,6-7,9-10H2,1-3H3,(H,19,22)(H,20,21);1H. The minimum absolute atomic E-state index is 0. The quantitative estimate of drug-likeness (QED) is 0.753. The molecule has 1 saturated heterocycles. The van der Waals surface area contributed by atoms with E-state index in [1.165, 1.54) is 0 Å². The van der Waals surface area contributed by atoms with Crippen molar-refractivity contribution in [2.75, 3.05) is 25.1 Å². The van der Waals surface area contributed by atoms with Crippen LogP contribution in [0.25, 0.3) is 0 Å². The summed E-state index contributed by atoms with van der Waals surface area (Å²) in [6.45, 7) is 7.74. The smallest absolute Gasteiger partial charge is 0.251 e. The van der Waals surface area contributed by atoms with E-state index < -0.39 is 0 Å². The molecular formula is C17H26ClN3O3. The highest BCUT2D eigenvalue weighted by Gasteiger charge is 2.17. The molecule has 0 radical (unpaired) electrons. The van der Waals surface area contributed by atoms with Gasteiger partial charge in [-0.1, -0.05) is 0 Å². The van der Waals surface area contributed by atoms with Crippen molar-refractivity contribution in [3.05, 3.63) is 29.3 Å². The molecular weight excluding hydrogens is 330 g/mol. The van der Waals surface area contributed by atoms with Crippen LogP contribution in [0.4, 0.5) is 5.69 Å². The number of nitrogens with one attached hydrogen (secondary N) is 3. The maximum atomic E-state index is 12.1. The molecule has 0 bridgehead atoms. The summed E-state index contributed by atoms with van der Waals surface area (Å²) >= 11 is 0. The number of carbonyl (C=O) groups is 2. The second-order valence-electron chi connectivity index (χ2n) is 6.14. The zero-order chi connectivity index (χ0) is 16.8. The van der Waals surface area contributed by atoms with E-state index in [1.54, 1.807) is 18.2 Å². The maximum absolute atomic E-state index is 12.1. The first-order valence-electron chi connectivity index (χ1n) is 7.98. The van der Waals surface area contributed by atoms with Crippen LogP contribution in [-0.2, 0) is 9.53 Å². The van der Waals surface area contributed by atoms with Gasteiger partial charge in [0.25, 0.3) is 5.91 Å². The highest BCUT2D eigenvalue weighted by atomic mass is 35.5. The number of halogens is 1. The van der Waals surface area contributed by atoms with E-state index in [4.69, 9.17) is 4.74 Å². The van der Waals surface area contributed by atoms with E-state index in [0.717, 1.165) is 17.8 Å². The number of benzene rings is 1. The third-order valence-corrected chi connectivity index (χ3v) is 3.61. The number of anilines is 1. The molecule has 3 N–H and O–H groups in total. The molecule has 1 aliphatic heterocycles. The summed E-state index contributed by atoms with van der Waals surface area (Å²) in [5.41, 5.74) is 2.19. The van der Waals surface area contributed by atoms with Crippen LogP contribution in [0, 0.1) is 6.92 Å². The van der Waals surface area contributed by atoms with E-state index in [0.29, 0.717) is 25.2 Å². The predicted octanol–water partition coefficient (Wildman–Crippen LogP) is 1.87. The molecule has 1 unspecified atom stereocenters. The first-order chi connectivity index (χ1) is 11.0. The van der Waals surface area contributed by atoms with Crippen molar-refractivity contribution < 1.29 is 14.3 Å². The van der Waals surface area contributed by atoms with Crippen molar-refractivity contribution in [2.45, 2.75) is 39.3 Å². The zero-order valence-electron chi connectivity index (χ0n) is 14.3. The first kappa shape index (κ1) is 20.4. The van der Waals surface area contributed by atoms with Gasteiger partial charge in [-0.05, 0) is 44.5 Å². The first-order valence-corrected chi connectivity index (χ1v) is 7.98. The number of ether oxygens (including phenoxy) is 1. The molecule has 0 aliphatic carbocycles. The van der Waals surface area contributed by atoms with Crippen LogP contribution in [0.5, 0.6) is 0 Å². The molecule has 2 rings (SSSR count). The number of amides is 2. The zero-order valence-corrected chi connectivity index (χ0v) is 15.2. The maximum Gasteiger partial charge on any atom is 0.251 e. The Kier molecular flexibility index (Phi) is 8.18. The van der Waals surface area contributed by atoms with Gasteiger partial charge < -0.3 is 20.7 Å². The van der Waals surface area contributed by atoms with Crippen molar-refractivity contribution in [3.63, 3.8) is 0 Å². The molecule has 0 spiro atoms. The highest BCUT2D eigenvalue weighted by molar-refractivity contribution is 5.96. The minimum atomic E-state index is -0.107. The summed E-state index contributed by atoms with van der Waals surface area (Å²) in [6, 6.07) is 5.43. The lowest BCUT2D eigenvalue weighted by molar-refractivity contribution is -0.117. The SMILES string of the molecule is Cc1cc(C(=O)NC(C)C)ccc1NC(=O)CC1COCCN1.Cl. The summed E-state index contributed by atoms with van der Waals surface area (Å²) in [5.74, 6) is -0.167. The average molecular weight is 356 g/mol. The van der Waals surface area contributed by atoms with Crippen molar-refractivity contribution in [1.82, 2.24) is 10.6 Å². The molecule has 7 heteroatoms. The molecule has 24 heavy (non-hydrogen) atoms. The Morgan fingerprint density at radius 2 is 2.12 bits per heavy atom. The largest absolute Gasteiger partial charge is 0.378 e. The normalized spacial score (nSPS) is 17.1. The lowest BCUT2D eigenvalue weighted by Crippen LogP contribution is -2.43. The second kappa shape index (κ2) is 9.61. The number of hydrogen-bond donors (Lipinski definition) is 3. The van der Waals surface area contributed by atoms with Gasteiger partial charge in [0.2, 0.25) is 5.91 Å². The minimum Gasteiger partial charge on any atom is -0.378 e. The Bertz CT molecular complexity index is 572. The average Bonchev–Trinajstić information content (AvgIpc) is 2.49. The topological polar surface area (TPSA) is 79.5 Å². The number of morpholine rings is 1. The molecule has 1 aromatic carbocycles. The fraction of sp³-hybridized carbons (Fsp3) is 0.529. The van der Waals surface area contributed by atoms with Crippen molar-refractivity contribution in [2.24, 2.45) is 0 Å². The summed E-state index contributed by atoms with van der Waals surface area (Å²) in [6.07, 6.45) is 0.370. The molecule has 1 fully saturated rings. The number of aryl methyl sites for hydroxylation is 1. The third-order valence-electron chi connectivity index (χ3n) is 3.61. The lowest BCUT2D eigenvalue weighted by Gasteiger charge is -2.23. The molecule has 1 heterocycles. The van der Waals surface area contributed by atoms with Crippen LogP contribution in [0.1, 0.15) is 36.2 Å². The van der Waals surface area contributed by atoms with E-state index in [2.05, 4.69) is 16.0 Å². The van der Waals surface area contributed by atoms with Gasteiger partial charge in [-0.25, -0.2) is 0 Å². The van der Waals surface area contributed by atoms with Crippen LogP contribution in [0.15, 0.2) is 18.2 Å². The van der Waals surface area contributed by atoms with Gasteiger partial charge in [-0.3, -0.25) is 9.59 Å². The monoisotopic (exact) mass is 355 g/mol. The van der Waals surface area contributed by atoms with Crippen LogP contribution in [0.2, 0.25) is 0 Å². The Balaban J connectivity index is 0.00000288. The molecule has 1 aliphatic rings. The van der Waals surface area contributed by atoms with Gasteiger partial charge in [0.15, 0.2) is 0 Å². The Labute approximate surface area is 149 Å². The summed E-state index contributed by atoms with van der Waals surface area (Å²) < 4.78 is 5.34. The third kappa shape index (κ3) is 6.11. The number of rotatable bonds is 5. The Morgan fingerprint density at radius 3 is 2.71 bits per heavy atom. The van der Waals surface area contributed by atoms with E-state index in [1.807, 2.05) is 20.8 Å². The molecule has 0 saturated carbocycles. The molecule has 2 amide bonds. The van der Waals surface area contributed by atoms with Gasteiger partial charge in [-0.2, -0.15) is 0 Å². The Morgan fingerprint density at radius 1 is 1.38 bits per heavy atom. The van der Waals surface area contributed by atoms with Crippen molar-refractivity contribution in [3.8, 4) is 0 Å². The van der Waals surface area contributed by atoms with E-state index in [-0.39, 0.29) is 36.3 Å². The van der Waals surface area contributed by atoms with E-state index >= 15 is 0 Å². The predicted molar refractivity (Wildman–Crippen MR) is 96.9 cm³/mol. The van der Waals surface area contributed by atoms with Crippen molar-refractivity contribution in [1.29, 1.82) is 0 Å². The van der Waals surface area contributed by atoms with Crippen LogP contribution < -0.4 is 16.0 Å². The highest BCUT2D eigenvalue weighted by Crippen LogP contribution is 2.17. The molecule has 1 atom stereocenters. The second-order valence-corrected chi connectivity index (χ2v) is 6.14. The molecule has 1 aromatic rings. The van der Waals surface area contributed by atoms with Crippen LogP contribution in [0.3, 0.4) is 0 Å². The molecule has 134 valence electrons. The van der Waals surface area contributed by atoms with Crippen LogP contribution >= 0.6 is 12.4 Å². The van der Waals surface area contributed by atoms with Gasteiger partial charge in [0.05, 0.1) is 13.2 Å². The summed E-state index contributed by atoms with van der Waals surface area (Å²) in [7, 11) is 0. The van der Waals surface area contributed by atoms with Gasteiger partial charge in [0.1, 0.15) is 0 Å². The molecule has 6 nitrogen and oxygen atoms in total. The fourth-order valence-electron chi connectivity index (χ4n) is 2.47. The van der Waals surface area contributed by atoms with Crippen molar-refractivity contribution >= 4 is 29.9 Å². The van der Waals surface area contributed by atoms with E-state index in [9.17, 15) is 9.59 Å². The fourth-order valence-corrected chi connectivity index (χ4v) is 2.47. The van der Waals surface area contributed by atoms with Crippen LogP contribution in [-0.4, -0.2) is 43.7 Å². The molecule has 0 aromatic heterocycles. The number of carbonyl (C=O) groups excluding carboxylic acids is 2. The van der Waals surface area contributed by atoms with Gasteiger partial charge in [0, 0.05) is 36.3 Å². The van der Waals surface area contributed by atoms with Gasteiger partial charge >= 0.3 is 0 Å². The Hall–Kier alpha value is -1.63. The summed E-state index contributed by atoms with van der Waals surface area (Å²) in [4.78, 5) is 24.1. The lowest BCUT2D eigenvalue weighted by atomic mass is 10.1. The summed E-state index contributed by atoms with van der Waals surface area (Å²) in [5, 5.41) is 9.00. The number of hydrogen-bond acceptors (Lipinski definition) is 4.